The van der Waals surface area contributed by atoms with Crippen LogP contribution in [-0.2, 0) is 14.7 Å². The van der Waals surface area contributed by atoms with E-state index in [9.17, 15) is 13.0 Å². The summed E-state index contributed by atoms with van der Waals surface area (Å²) in [5.41, 5.74) is 1.15. The average Bonchev–Trinajstić information content (AvgIpc) is 2.28. The largest absolute Gasteiger partial charge is 0.714 e. The van der Waals surface area contributed by atoms with Gasteiger partial charge in [0.2, 0.25) is 0 Å². The van der Waals surface area contributed by atoms with Gasteiger partial charge in [0.25, 0.3) is 10.4 Å². The number of benzene rings is 1. The summed E-state index contributed by atoms with van der Waals surface area (Å²) < 4.78 is 35.2. The minimum absolute atomic E-state index is 0.0631. The summed E-state index contributed by atoms with van der Waals surface area (Å²) in [6.45, 7) is 3.67. The maximum Gasteiger partial charge on any atom is 0.284 e. The Balaban J connectivity index is 3.04. The lowest BCUT2D eigenvalue weighted by atomic mass is 10.0. The Labute approximate surface area is 111 Å². The highest BCUT2D eigenvalue weighted by Gasteiger charge is 2.10. The Hall–Kier alpha value is -1.05. The fourth-order valence-electron chi connectivity index (χ4n) is 1.34. The normalized spacial score (nSPS) is 12.8. The second kappa shape index (κ2) is 6.21. The van der Waals surface area contributed by atoms with Gasteiger partial charge in [-0.1, -0.05) is 31.1 Å². The highest BCUT2D eigenvalue weighted by molar-refractivity contribution is 7.98. The summed E-state index contributed by atoms with van der Waals surface area (Å²) in [5, 5.41) is 3.43. The molecule has 5 nitrogen and oxygen atoms in total. The number of hydrogen-bond donors (Lipinski definition) is 0. The van der Waals surface area contributed by atoms with E-state index >= 15 is 0 Å². The van der Waals surface area contributed by atoms with E-state index in [1.165, 1.54) is 0 Å². The van der Waals surface area contributed by atoms with Crippen LogP contribution in [0.5, 0.6) is 0 Å². The summed E-state index contributed by atoms with van der Waals surface area (Å²) >= 11 is 1.60. The monoisotopic (exact) mass is 288 g/mol. The number of thioether (sulfide) groups is 1. The smallest absolute Gasteiger partial charge is 0.284 e. The second-order valence-electron chi connectivity index (χ2n) is 3.84. The van der Waals surface area contributed by atoms with Gasteiger partial charge in [-0.05, 0) is 29.9 Å². The predicted octanol–water partition coefficient (Wildman–Crippen LogP) is 2.25. The number of oxime groups is 1. The summed E-state index contributed by atoms with van der Waals surface area (Å²) in [5.74, 6) is -0.0631. The Morgan fingerprint density at radius 2 is 1.89 bits per heavy atom. The molecule has 1 aromatic rings. The molecule has 0 aliphatic carbocycles. The molecular weight excluding hydrogens is 274 g/mol. The van der Waals surface area contributed by atoms with Gasteiger partial charge in [-0.2, -0.15) is 8.42 Å². The van der Waals surface area contributed by atoms with Gasteiger partial charge in [0, 0.05) is 4.90 Å². The molecule has 18 heavy (non-hydrogen) atoms. The van der Waals surface area contributed by atoms with Crippen LogP contribution >= 0.6 is 11.8 Å². The van der Waals surface area contributed by atoms with Crippen molar-refractivity contribution in [2.75, 3.05) is 6.26 Å². The minimum atomic E-state index is -4.82. The zero-order chi connectivity index (χ0) is 13.8. The van der Waals surface area contributed by atoms with Crippen LogP contribution in [0.3, 0.4) is 0 Å². The van der Waals surface area contributed by atoms with Crippen molar-refractivity contribution >= 4 is 27.9 Å². The highest BCUT2D eigenvalue weighted by Crippen LogP contribution is 2.17. The SMILES string of the molecule is CSc1ccc(/C(=N\OS(=O)(=O)[O-])C(C)C)cc1. The van der Waals surface area contributed by atoms with Gasteiger partial charge in [-0.25, -0.2) is 0 Å². The number of hydrogen-bond acceptors (Lipinski definition) is 6. The molecule has 0 saturated carbocycles. The first-order valence-electron chi connectivity index (χ1n) is 5.20. The molecule has 0 saturated heterocycles. The van der Waals surface area contributed by atoms with Crippen molar-refractivity contribution in [1.82, 2.24) is 0 Å². The quantitative estimate of drug-likeness (QED) is 0.273. The molecule has 100 valence electrons. The van der Waals surface area contributed by atoms with E-state index in [2.05, 4.69) is 9.44 Å². The van der Waals surface area contributed by atoms with Crippen LogP contribution in [0.1, 0.15) is 19.4 Å². The van der Waals surface area contributed by atoms with E-state index in [1.807, 2.05) is 44.4 Å². The molecule has 0 fully saturated rings. The van der Waals surface area contributed by atoms with Crippen molar-refractivity contribution in [3.05, 3.63) is 29.8 Å². The highest BCUT2D eigenvalue weighted by atomic mass is 32.3. The lowest BCUT2D eigenvalue weighted by Crippen LogP contribution is -2.12. The van der Waals surface area contributed by atoms with Gasteiger partial charge in [-0.3, -0.25) is 4.28 Å². The van der Waals surface area contributed by atoms with Gasteiger partial charge < -0.3 is 4.55 Å². The van der Waals surface area contributed by atoms with Gasteiger partial charge in [-0.15, -0.1) is 11.8 Å². The summed E-state index contributed by atoms with van der Waals surface area (Å²) in [6.07, 6.45) is 1.96. The van der Waals surface area contributed by atoms with Crippen molar-refractivity contribution < 1.29 is 17.3 Å². The van der Waals surface area contributed by atoms with Crippen LogP contribution in [0.15, 0.2) is 34.3 Å². The van der Waals surface area contributed by atoms with Crippen molar-refractivity contribution in [1.29, 1.82) is 0 Å². The third-order valence-electron chi connectivity index (χ3n) is 2.16. The van der Waals surface area contributed by atoms with Crippen LogP contribution in [0.2, 0.25) is 0 Å². The van der Waals surface area contributed by atoms with Crippen molar-refractivity contribution in [2.24, 2.45) is 11.1 Å². The van der Waals surface area contributed by atoms with Gasteiger partial charge in [0.15, 0.2) is 0 Å². The maximum absolute atomic E-state index is 10.4. The molecule has 7 heteroatoms. The van der Waals surface area contributed by atoms with E-state index in [4.69, 9.17) is 0 Å². The summed E-state index contributed by atoms with van der Waals surface area (Å²) in [7, 11) is -4.82. The van der Waals surface area contributed by atoms with E-state index < -0.39 is 10.4 Å². The maximum atomic E-state index is 10.4. The molecule has 0 aliphatic heterocycles. The third-order valence-corrected chi connectivity index (χ3v) is 3.16. The average molecular weight is 288 g/mol. The van der Waals surface area contributed by atoms with Crippen LogP contribution in [0.4, 0.5) is 0 Å². The fourth-order valence-corrected chi connectivity index (χ4v) is 1.92. The Bertz CT molecular complexity index is 520. The topological polar surface area (TPSA) is 78.8 Å². The standard InChI is InChI=1S/C11H15NO4S2/c1-8(2)11(12-16-18(13,14)15)9-4-6-10(17-3)7-5-9/h4-8H,1-3H3,(H,13,14,15)/p-1/b12-11-. The van der Waals surface area contributed by atoms with Crippen LogP contribution in [-0.4, -0.2) is 24.9 Å². The molecule has 0 aliphatic rings. The number of rotatable bonds is 5. The molecule has 0 unspecified atom stereocenters. The second-order valence-corrected chi connectivity index (χ2v) is 5.69. The number of nitrogens with zero attached hydrogens (tertiary/aromatic N) is 1. The molecule has 0 spiro atoms. The molecule has 0 atom stereocenters. The van der Waals surface area contributed by atoms with Crippen molar-refractivity contribution in [3.63, 3.8) is 0 Å². The van der Waals surface area contributed by atoms with Crippen LogP contribution in [0.25, 0.3) is 0 Å². The van der Waals surface area contributed by atoms with E-state index in [0.717, 1.165) is 10.5 Å². The molecule has 0 radical (unpaired) electrons. The Morgan fingerprint density at radius 3 is 2.28 bits per heavy atom. The van der Waals surface area contributed by atoms with Crippen LogP contribution in [0, 0.1) is 5.92 Å². The van der Waals surface area contributed by atoms with Crippen LogP contribution < -0.4 is 0 Å². The lowest BCUT2D eigenvalue weighted by molar-refractivity contribution is 0.273. The molecule has 0 aromatic heterocycles. The zero-order valence-corrected chi connectivity index (χ0v) is 11.9. The Kier molecular flexibility index (Phi) is 5.18. The molecule has 1 rings (SSSR count). The van der Waals surface area contributed by atoms with Crippen molar-refractivity contribution in [3.8, 4) is 0 Å². The molecular formula is C11H14NO4S2-. The lowest BCUT2D eigenvalue weighted by Gasteiger charge is -2.11. The van der Waals surface area contributed by atoms with Crippen molar-refractivity contribution in [2.45, 2.75) is 18.7 Å². The predicted molar refractivity (Wildman–Crippen MR) is 70.4 cm³/mol. The fraction of sp³-hybridized carbons (Fsp3) is 0.364. The molecule has 0 N–H and O–H groups in total. The first-order valence-corrected chi connectivity index (χ1v) is 7.76. The molecule has 0 bridgehead atoms. The summed E-state index contributed by atoms with van der Waals surface area (Å²) in [6, 6.07) is 7.41. The summed E-state index contributed by atoms with van der Waals surface area (Å²) in [4.78, 5) is 1.08. The molecule has 0 amide bonds. The van der Waals surface area contributed by atoms with E-state index in [1.54, 1.807) is 11.8 Å². The van der Waals surface area contributed by atoms with Gasteiger partial charge in [0.05, 0.1) is 5.71 Å². The minimum Gasteiger partial charge on any atom is -0.714 e. The van der Waals surface area contributed by atoms with E-state index in [-0.39, 0.29) is 5.92 Å². The van der Waals surface area contributed by atoms with Gasteiger partial charge in [0.1, 0.15) is 0 Å². The molecule has 1 aromatic carbocycles. The Morgan fingerprint density at radius 1 is 1.33 bits per heavy atom. The van der Waals surface area contributed by atoms with E-state index in [0.29, 0.717) is 5.71 Å². The first-order chi connectivity index (χ1) is 8.33. The zero-order valence-electron chi connectivity index (χ0n) is 10.3. The first kappa shape index (κ1) is 15.0. The van der Waals surface area contributed by atoms with Gasteiger partial charge >= 0.3 is 0 Å². The molecule has 0 heterocycles. The third kappa shape index (κ3) is 4.67.